The van der Waals surface area contributed by atoms with Crippen LogP contribution in [0.4, 0.5) is 16.0 Å². The number of esters is 1. The van der Waals surface area contributed by atoms with Crippen molar-refractivity contribution in [3.05, 3.63) is 83.4 Å². The van der Waals surface area contributed by atoms with E-state index in [4.69, 9.17) is 4.74 Å². The second-order valence-electron chi connectivity index (χ2n) is 5.93. The zero-order valence-corrected chi connectivity index (χ0v) is 15.7. The molecule has 0 atom stereocenters. The zero-order chi connectivity index (χ0) is 20.6. The summed E-state index contributed by atoms with van der Waals surface area (Å²) in [5, 5.41) is 5.55. The van der Waals surface area contributed by atoms with Crippen molar-refractivity contribution in [2.75, 3.05) is 17.2 Å². The van der Waals surface area contributed by atoms with Crippen LogP contribution in [0.2, 0.25) is 0 Å². The summed E-state index contributed by atoms with van der Waals surface area (Å²) in [5.41, 5.74) is 1.11. The number of aromatic nitrogens is 2. The minimum Gasteiger partial charge on any atom is -0.462 e. The van der Waals surface area contributed by atoms with E-state index in [-0.39, 0.29) is 36.2 Å². The van der Waals surface area contributed by atoms with E-state index in [1.807, 2.05) is 0 Å². The highest BCUT2D eigenvalue weighted by molar-refractivity contribution is 6.07. The lowest BCUT2D eigenvalue weighted by molar-refractivity contribution is 0.0527. The molecule has 0 fully saturated rings. The highest BCUT2D eigenvalue weighted by Gasteiger charge is 2.16. The van der Waals surface area contributed by atoms with Crippen molar-refractivity contribution < 1.29 is 18.7 Å². The van der Waals surface area contributed by atoms with Crippen molar-refractivity contribution in [1.82, 2.24) is 9.97 Å². The first-order valence-corrected chi connectivity index (χ1v) is 8.96. The Kier molecular flexibility index (Phi) is 6.47. The molecule has 0 bridgehead atoms. The van der Waals surface area contributed by atoms with Gasteiger partial charge in [0.1, 0.15) is 11.5 Å². The van der Waals surface area contributed by atoms with Crippen molar-refractivity contribution in [2.45, 2.75) is 13.5 Å². The fourth-order valence-corrected chi connectivity index (χ4v) is 2.55. The third-order valence-electron chi connectivity index (χ3n) is 3.95. The van der Waals surface area contributed by atoms with Gasteiger partial charge in [-0.05, 0) is 31.2 Å². The Hall–Kier alpha value is -3.81. The summed E-state index contributed by atoms with van der Waals surface area (Å²) in [6.45, 7) is 2.10. The molecule has 8 heteroatoms. The van der Waals surface area contributed by atoms with Gasteiger partial charge in [0.15, 0.2) is 0 Å². The number of halogens is 1. The number of hydrogen-bond donors (Lipinski definition) is 2. The molecule has 1 heterocycles. The molecule has 2 aromatic carbocycles. The Labute approximate surface area is 167 Å². The number of nitrogens with zero attached hydrogens (tertiary/aromatic N) is 2. The number of carbonyl (C=O) groups excluding carboxylic acids is 2. The fourth-order valence-electron chi connectivity index (χ4n) is 2.55. The fraction of sp³-hybridized carbons (Fsp3) is 0.143. The maximum absolute atomic E-state index is 13.7. The lowest BCUT2D eigenvalue weighted by Crippen LogP contribution is -2.18. The summed E-state index contributed by atoms with van der Waals surface area (Å²) in [5.74, 6) is -1.21. The molecule has 0 aliphatic rings. The highest BCUT2D eigenvalue weighted by Crippen LogP contribution is 2.17. The van der Waals surface area contributed by atoms with Gasteiger partial charge in [0.25, 0.3) is 5.91 Å². The van der Waals surface area contributed by atoms with E-state index in [1.54, 1.807) is 49.4 Å². The average molecular weight is 394 g/mol. The first-order chi connectivity index (χ1) is 14.1. The number of amides is 1. The van der Waals surface area contributed by atoms with Crippen LogP contribution >= 0.6 is 0 Å². The number of para-hydroxylation sites is 1. The molecular weight excluding hydrogens is 375 g/mol. The minimum atomic E-state index is -0.529. The lowest BCUT2D eigenvalue weighted by Gasteiger charge is -2.11. The Bertz CT molecular complexity index is 1030. The van der Waals surface area contributed by atoms with Crippen LogP contribution in [0.3, 0.4) is 0 Å². The highest BCUT2D eigenvalue weighted by atomic mass is 19.1. The smallest absolute Gasteiger partial charge is 0.340 e. The summed E-state index contributed by atoms with van der Waals surface area (Å²) in [4.78, 5) is 32.8. The van der Waals surface area contributed by atoms with Gasteiger partial charge in [-0.3, -0.25) is 4.79 Å². The normalized spacial score (nSPS) is 10.3. The molecule has 0 unspecified atom stereocenters. The Morgan fingerprint density at radius 3 is 2.62 bits per heavy atom. The van der Waals surface area contributed by atoms with Crippen LogP contribution in [0.5, 0.6) is 0 Å². The molecule has 0 saturated heterocycles. The minimum absolute atomic E-state index is 0.0923. The van der Waals surface area contributed by atoms with Gasteiger partial charge in [-0.2, -0.15) is 0 Å². The summed E-state index contributed by atoms with van der Waals surface area (Å²) in [7, 11) is 0. The maximum Gasteiger partial charge on any atom is 0.340 e. The molecule has 148 valence electrons. The molecule has 3 aromatic rings. The van der Waals surface area contributed by atoms with Crippen LogP contribution in [0.25, 0.3) is 0 Å². The van der Waals surface area contributed by atoms with Crippen LogP contribution in [-0.4, -0.2) is 28.5 Å². The van der Waals surface area contributed by atoms with Gasteiger partial charge >= 0.3 is 5.97 Å². The first-order valence-electron chi connectivity index (χ1n) is 8.96. The maximum atomic E-state index is 13.7. The summed E-state index contributed by atoms with van der Waals surface area (Å²) in [6.07, 6.45) is 1.42. The Morgan fingerprint density at radius 2 is 1.83 bits per heavy atom. The van der Waals surface area contributed by atoms with Crippen molar-refractivity contribution in [3.8, 4) is 0 Å². The largest absolute Gasteiger partial charge is 0.462 e. The number of rotatable bonds is 7. The number of benzene rings is 2. The summed E-state index contributed by atoms with van der Waals surface area (Å²) in [6, 6.07) is 14.3. The Balaban J connectivity index is 1.72. The Morgan fingerprint density at radius 1 is 1.07 bits per heavy atom. The molecule has 2 N–H and O–H groups in total. The number of ether oxygens (including phenoxy) is 1. The second-order valence-corrected chi connectivity index (χ2v) is 5.93. The molecule has 7 nitrogen and oxygen atoms in total. The van der Waals surface area contributed by atoms with Gasteiger partial charge in [-0.15, -0.1) is 0 Å². The topological polar surface area (TPSA) is 93.2 Å². The molecule has 1 aromatic heterocycles. The monoisotopic (exact) mass is 394 g/mol. The molecule has 3 rings (SSSR count). The van der Waals surface area contributed by atoms with Crippen molar-refractivity contribution in [2.24, 2.45) is 0 Å². The summed E-state index contributed by atoms with van der Waals surface area (Å²) >= 11 is 0. The van der Waals surface area contributed by atoms with E-state index < -0.39 is 11.9 Å². The summed E-state index contributed by atoms with van der Waals surface area (Å²) < 4.78 is 18.7. The van der Waals surface area contributed by atoms with Crippen molar-refractivity contribution in [1.29, 1.82) is 0 Å². The molecule has 1 amide bonds. The third-order valence-corrected chi connectivity index (χ3v) is 3.95. The van der Waals surface area contributed by atoms with E-state index in [9.17, 15) is 14.0 Å². The van der Waals surface area contributed by atoms with Gasteiger partial charge in [-0.1, -0.05) is 30.3 Å². The van der Waals surface area contributed by atoms with Gasteiger partial charge in [-0.25, -0.2) is 19.2 Å². The van der Waals surface area contributed by atoms with E-state index in [2.05, 4.69) is 20.6 Å². The number of carbonyl (C=O) groups is 2. The van der Waals surface area contributed by atoms with Crippen LogP contribution in [0.15, 0.2) is 60.8 Å². The van der Waals surface area contributed by atoms with E-state index in [1.165, 1.54) is 18.3 Å². The third kappa shape index (κ3) is 5.13. The predicted molar refractivity (Wildman–Crippen MR) is 106 cm³/mol. The average Bonchev–Trinajstić information content (AvgIpc) is 2.74. The quantitative estimate of drug-likeness (QED) is 0.594. The molecule has 0 aliphatic carbocycles. The van der Waals surface area contributed by atoms with Crippen LogP contribution in [0, 0.1) is 5.82 Å². The lowest BCUT2D eigenvalue weighted by atomic mass is 10.1. The number of hydrogen-bond acceptors (Lipinski definition) is 6. The molecule has 0 saturated carbocycles. The van der Waals surface area contributed by atoms with Crippen molar-refractivity contribution in [3.63, 3.8) is 0 Å². The van der Waals surface area contributed by atoms with Crippen molar-refractivity contribution >= 4 is 23.5 Å². The first kappa shape index (κ1) is 19.9. The van der Waals surface area contributed by atoms with Gasteiger partial charge in [0.05, 0.1) is 17.9 Å². The van der Waals surface area contributed by atoms with Gasteiger partial charge < -0.3 is 15.4 Å². The molecule has 0 radical (unpaired) electrons. The van der Waals surface area contributed by atoms with Gasteiger partial charge in [0, 0.05) is 18.3 Å². The zero-order valence-electron chi connectivity index (χ0n) is 15.7. The standard InChI is InChI=1S/C21H19FN4O3/c1-2-29-20(28)15-8-4-6-10-17(15)25-19(27)18-11-12-23-21(26-18)24-13-14-7-3-5-9-16(14)22/h3-12H,2,13H2,1H3,(H,25,27)(H,23,24,26). The second kappa shape index (κ2) is 9.41. The van der Waals surface area contributed by atoms with Crippen LogP contribution < -0.4 is 10.6 Å². The van der Waals surface area contributed by atoms with Crippen LogP contribution in [-0.2, 0) is 11.3 Å². The van der Waals surface area contributed by atoms with Gasteiger partial charge in [0.2, 0.25) is 5.95 Å². The van der Waals surface area contributed by atoms with E-state index >= 15 is 0 Å². The van der Waals surface area contributed by atoms with E-state index in [0.29, 0.717) is 11.3 Å². The molecule has 0 aliphatic heterocycles. The molecule has 29 heavy (non-hydrogen) atoms. The SMILES string of the molecule is CCOC(=O)c1ccccc1NC(=O)c1ccnc(NCc2ccccc2F)n1. The predicted octanol–water partition coefficient (Wildman–Crippen LogP) is 3.66. The number of nitrogens with one attached hydrogen (secondary N) is 2. The molecular formula is C21H19FN4O3. The van der Waals surface area contributed by atoms with E-state index in [0.717, 1.165) is 0 Å². The molecule has 0 spiro atoms. The van der Waals surface area contributed by atoms with Crippen LogP contribution in [0.1, 0.15) is 33.3 Å². The number of anilines is 2.